The van der Waals surface area contributed by atoms with Gasteiger partial charge in [-0.15, -0.1) is 5.10 Å². The van der Waals surface area contributed by atoms with Gasteiger partial charge < -0.3 is 15.5 Å². The Labute approximate surface area is 118 Å². The van der Waals surface area contributed by atoms with Crippen LogP contribution in [0.5, 0.6) is 0 Å². The molecule has 20 heavy (non-hydrogen) atoms. The van der Waals surface area contributed by atoms with E-state index in [1.165, 1.54) is 5.69 Å². The zero-order valence-corrected chi connectivity index (χ0v) is 11.7. The molecule has 1 aliphatic rings. The van der Waals surface area contributed by atoms with Crippen LogP contribution < -0.4 is 10.6 Å². The molecule has 6 heteroatoms. The number of hydrogen-bond donors (Lipinski definition) is 1. The highest BCUT2D eigenvalue weighted by Gasteiger charge is 2.14. The van der Waals surface area contributed by atoms with E-state index in [1.54, 1.807) is 10.9 Å². The lowest BCUT2D eigenvalue weighted by molar-refractivity contribution is 0.313. The number of rotatable bonds is 3. The number of nitrogens with two attached hydrogens (primary N) is 1. The maximum absolute atomic E-state index is 5.68. The smallest absolute Gasteiger partial charge is 0.0781 e. The van der Waals surface area contributed by atoms with Crippen LogP contribution in [0.2, 0.25) is 0 Å². The highest BCUT2D eigenvalue weighted by atomic mass is 15.4. The van der Waals surface area contributed by atoms with Gasteiger partial charge in [-0.05, 0) is 31.3 Å². The van der Waals surface area contributed by atoms with Crippen molar-refractivity contribution in [2.45, 2.75) is 6.54 Å². The first-order chi connectivity index (χ1) is 9.78. The van der Waals surface area contributed by atoms with Crippen LogP contribution in [0.25, 0.3) is 5.69 Å². The number of aromatic nitrogens is 3. The van der Waals surface area contributed by atoms with Crippen molar-refractivity contribution in [1.29, 1.82) is 0 Å². The van der Waals surface area contributed by atoms with E-state index >= 15 is 0 Å². The monoisotopic (exact) mass is 272 g/mol. The molecule has 2 heterocycles. The van der Waals surface area contributed by atoms with Gasteiger partial charge in [-0.3, -0.25) is 0 Å². The van der Waals surface area contributed by atoms with Crippen LogP contribution in [0.3, 0.4) is 0 Å². The van der Waals surface area contributed by atoms with E-state index in [2.05, 4.69) is 51.4 Å². The Balaban J connectivity index is 1.78. The quantitative estimate of drug-likeness (QED) is 0.880. The summed E-state index contributed by atoms with van der Waals surface area (Å²) in [7, 11) is 2.17. The van der Waals surface area contributed by atoms with Crippen LogP contribution in [0, 0.1) is 0 Å². The third-order valence-corrected chi connectivity index (χ3v) is 3.79. The van der Waals surface area contributed by atoms with Crippen molar-refractivity contribution < 1.29 is 0 Å². The van der Waals surface area contributed by atoms with E-state index in [4.69, 9.17) is 5.73 Å². The highest BCUT2D eigenvalue weighted by molar-refractivity contribution is 5.51. The van der Waals surface area contributed by atoms with Crippen molar-refractivity contribution in [3.63, 3.8) is 0 Å². The Morgan fingerprint density at radius 1 is 1.05 bits per heavy atom. The molecule has 1 aliphatic heterocycles. The summed E-state index contributed by atoms with van der Waals surface area (Å²) in [6, 6.07) is 8.42. The van der Waals surface area contributed by atoms with Crippen molar-refractivity contribution in [2.75, 3.05) is 38.1 Å². The van der Waals surface area contributed by atoms with Gasteiger partial charge in [-0.25, -0.2) is 4.68 Å². The molecule has 6 nitrogen and oxygen atoms in total. The summed E-state index contributed by atoms with van der Waals surface area (Å²) >= 11 is 0. The topological polar surface area (TPSA) is 63.2 Å². The van der Waals surface area contributed by atoms with E-state index in [-0.39, 0.29) is 0 Å². The minimum absolute atomic E-state index is 0.438. The van der Waals surface area contributed by atoms with Crippen molar-refractivity contribution >= 4 is 5.69 Å². The van der Waals surface area contributed by atoms with E-state index in [0.29, 0.717) is 6.54 Å². The number of hydrogen-bond acceptors (Lipinski definition) is 5. The first kappa shape index (κ1) is 13.1. The number of likely N-dealkylation sites (N-methyl/N-ethyl adjacent to an activating group) is 1. The van der Waals surface area contributed by atoms with E-state index in [9.17, 15) is 0 Å². The molecular formula is C14H20N6. The van der Waals surface area contributed by atoms with Crippen LogP contribution >= 0.6 is 0 Å². The maximum atomic E-state index is 5.68. The fourth-order valence-corrected chi connectivity index (χ4v) is 2.48. The molecule has 0 aliphatic carbocycles. The van der Waals surface area contributed by atoms with E-state index in [0.717, 1.165) is 37.6 Å². The Bertz CT molecular complexity index is 553. The van der Waals surface area contributed by atoms with Gasteiger partial charge in [0.1, 0.15) is 0 Å². The fourth-order valence-electron chi connectivity index (χ4n) is 2.48. The molecule has 1 saturated heterocycles. The average molecular weight is 272 g/mol. The maximum Gasteiger partial charge on any atom is 0.0781 e. The summed E-state index contributed by atoms with van der Waals surface area (Å²) in [6.07, 6.45) is 1.70. The van der Waals surface area contributed by atoms with Crippen LogP contribution in [0.15, 0.2) is 30.5 Å². The normalized spacial score (nSPS) is 16.6. The third kappa shape index (κ3) is 2.52. The SMILES string of the molecule is CN1CCN(c2ccc(-n3nncc3CN)cc2)CC1. The summed E-state index contributed by atoms with van der Waals surface area (Å²) < 4.78 is 1.79. The minimum atomic E-state index is 0.438. The van der Waals surface area contributed by atoms with Gasteiger partial charge in [0.15, 0.2) is 0 Å². The van der Waals surface area contributed by atoms with E-state index < -0.39 is 0 Å². The predicted molar refractivity (Wildman–Crippen MR) is 79.0 cm³/mol. The zero-order valence-electron chi connectivity index (χ0n) is 11.7. The van der Waals surface area contributed by atoms with Crippen LogP contribution in [-0.4, -0.2) is 53.1 Å². The zero-order chi connectivity index (χ0) is 13.9. The molecular weight excluding hydrogens is 252 g/mol. The average Bonchev–Trinajstić information content (AvgIpc) is 2.97. The number of benzene rings is 1. The second kappa shape index (κ2) is 5.60. The van der Waals surface area contributed by atoms with Gasteiger partial charge in [0.05, 0.1) is 17.6 Å². The molecule has 0 bridgehead atoms. The van der Waals surface area contributed by atoms with Gasteiger partial charge >= 0.3 is 0 Å². The second-order valence-electron chi connectivity index (χ2n) is 5.15. The van der Waals surface area contributed by atoms with Crippen LogP contribution in [0.4, 0.5) is 5.69 Å². The first-order valence-electron chi connectivity index (χ1n) is 6.91. The molecule has 0 atom stereocenters. The third-order valence-electron chi connectivity index (χ3n) is 3.79. The van der Waals surface area contributed by atoms with Crippen molar-refractivity contribution in [2.24, 2.45) is 5.73 Å². The van der Waals surface area contributed by atoms with Gasteiger partial charge in [0.2, 0.25) is 0 Å². The van der Waals surface area contributed by atoms with Crippen LogP contribution in [0.1, 0.15) is 5.69 Å². The highest BCUT2D eigenvalue weighted by Crippen LogP contribution is 2.19. The van der Waals surface area contributed by atoms with Crippen molar-refractivity contribution in [3.05, 3.63) is 36.2 Å². The molecule has 1 aromatic heterocycles. The van der Waals surface area contributed by atoms with Crippen molar-refractivity contribution in [3.8, 4) is 5.69 Å². The molecule has 0 amide bonds. The summed E-state index contributed by atoms with van der Waals surface area (Å²) in [5, 5.41) is 7.98. The van der Waals surface area contributed by atoms with Crippen LogP contribution in [-0.2, 0) is 6.54 Å². The van der Waals surface area contributed by atoms with E-state index in [1.807, 2.05) is 0 Å². The summed E-state index contributed by atoms with van der Waals surface area (Å²) in [4.78, 5) is 4.77. The lowest BCUT2D eigenvalue weighted by Crippen LogP contribution is -2.44. The molecule has 0 saturated carbocycles. The molecule has 3 rings (SSSR count). The molecule has 1 fully saturated rings. The summed E-state index contributed by atoms with van der Waals surface area (Å²) in [6.45, 7) is 4.82. The van der Waals surface area contributed by atoms with Gasteiger partial charge in [-0.1, -0.05) is 5.21 Å². The van der Waals surface area contributed by atoms with Gasteiger partial charge in [-0.2, -0.15) is 0 Å². The van der Waals surface area contributed by atoms with Gasteiger partial charge in [0.25, 0.3) is 0 Å². The lowest BCUT2D eigenvalue weighted by Gasteiger charge is -2.34. The number of anilines is 1. The largest absolute Gasteiger partial charge is 0.369 e. The molecule has 0 unspecified atom stereocenters. The lowest BCUT2D eigenvalue weighted by atomic mass is 10.2. The summed E-state index contributed by atoms with van der Waals surface area (Å²) in [5.41, 5.74) is 8.85. The molecule has 0 spiro atoms. The molecule has 2 aromatic rings. The molecule has 2 N–H and O–H groups in total. The first-order valence-corrected chi connectivity index (χ1v) is 6.91. The minimum Gasteiger partial charge on any atom is -0.369 e. The standard InChI is InChI=1S/C14H20N6/c1-18-6-8-19(9-7-18)12-2-4-13(5-3-12)20-14(10-15)11-16-17-20/h2-5,11H,6-10,15H2,1H3. The Kier molecular flexibility index (Phi) is 3.66. The Morgan fingerprint density at radius 2 is 1.70 bits per heavy atom. The van der Waals surface area contributed by atoms with Crippen molar-refractivity contribution in [1.82, 2.24) is 19.9 Å². The number of piperazine rings is 1. The molecule has 0 radical (unpaired) electrons. The molecule has 106 valence electrons. The molecule has 1 aromatic carbocycles. The fraction of sp³-hybridized carbons (Fsp3) is 0.429. The summed E-state index contributed by atoms with van der Waals surface area (Å²) in [5.74, 6) is 0. The number of nitrogens with zero attached hydrogens (tertiary/aromatic N) is 5. The van der Waals surface area contributed by atoms with Gasteiger partial charge in [0, 0.05) is 38.4 Å². The Hall–Kier alpha value is -1.92. The second-order valence-corrected chi connectivity index (χ2v) is 5.15. The predicted octanol–water partition coefficient (Wildman–Crippen LogP) is 0.478. The Morgan fingerprint density at radius 3 is 2.35 bits per heavy atom.